The Morgan fingerprint density at radius 2 is 2.00 bits per heavy atom. The van der Waals surface area contributed by atoms with Gasteiger partial charge in [-0.3, -0.25) is 14.5 Å². The van der Waals surface area contributed by atoms with Crippen LogP contribution in [0.2, 0.25) is 0 Å². The summed E-state index contributed by atoms with van der Waals surface area (Å²) in [5.41, 5.74) is -0.811. The third kappa shape index (κ3) is 4.13. The molecule has 1 aliphatic carbocycles. The van der Waals surface area contributed by atoms with E-state index in [1.54, 1.807) is 0 Å². The van der Waals surface area contributed by atoms with Gasteiger partial charge in [0.05, 0.1) is 6.10 Å². The molecule has 3 aliphatic rings. The molecule has 0 aromatic heterocycles. The second-order valence-corrected chi connectivity index (χ2v) is 7.54. The van der Waals surface area contributed by atoms with Gasteiger partial charge in [0, 0.05) is 25.6 Å². The van der Waals surface area contributed by atoms with Crippen molar-refractivity contribution in [1.82, 2.24) is 20.9 Å². The highest BCUT2D eigenvalue weighted by Gasteiger charge is 2.52. The molecule has 0 radical (unpaired) electrons. The van der Waals surface area contributed by atoms with Gasteiger partial charge in [0.1, 0.15) is 12.1 Å². The molecule has 26 heavy (non-hydrogen) atoms. The molecule has 2 saturated heterocycles. The number of imide groups is 1. The van der Waals surface area contributed by atoms with Crippen LogP contribution >= 0.6 is 12.4 Å². The van der Waals surface area contributed by atoms with Crippen LogP contribution in [0.1, 0.15) is 39.0 Å². The minimum absolute atomic E-state index is 0. The van der Waals surface area contributed by atoms with Gasteiger partial charge in [-0.2, -0.15) is 0 Å². The molecule has 4 N–H and O–H groups in total. The Morgan fingerprint density at radius 1 is 1.31 bits per heavy atom. The normalized spacial score (nSPS) is 33.9. The molecule has 2 atom stereocenters. The van der Waals surface area contributed by atoms with Crippen molar-refractivity contribution in [3.05, 3.63) is 0 Å². The molecule has 2 unspecified atom stereocenters. The molecule has 9 heteroatoms. The van der Waals surface area contributed by atoms with Crippen molar-refractivity contribution in [3.8, 4) is 0 Å². The standard InChI is InChI=1S/C17H28N4O4.ClH/c1-2-11-3-5-17(6-4-11)15(24)21(16(25)20-17)10-14(23)19-8-12-7-18-9-13(12)22;/h11-13,18,22H,2-10H2,1H3,(H,19,23)(H,20,25);1H. The fourth-order valence-electron chi connectivity index (χ4n) is 4.11. The largest absolute Gasteiger partial charge is 0.391 e. The Hall–Kier alpha value is -1.38. The topological polar surface area (TPSA) is 111 Å². The summed E-state index contributed by atoms with van der Waals surface area (Å²) in [7, 11) is 0. The first-order valence-corrected chi connectivity index (χ1v) is 9.25. The predicted molar refractivity (Wildman–Crippen MR) is 97.8 cm³/mol. The van der Waals surface area contributed by atoms with Gasteiger partial charge in [-0.15, -0.1) is 12.4 Å². The highest BCUT2D eigenvalue weighted by molar-refractivity contribution is 6.09. The highest BCUT2D eigenvalue weighted by Crippen LogP contribution is 2.37. The van der Waals surface area contributed by atoms with Gasteiger partial charge in [0.2, 0.25) is 5.91 Å². The smallest absolute Gasteiger partial charge is 0.325 e. The second kappa shape index (κ2) is 8.54. The lowest BCUT2D eigenvalue weighted by Crippen LogP contribution is -2.50. The van der Waals surface area contributed by atoms with Gasteiger partial charge in [0.15, 0.2) is 0 Å². The molecule has 8 nitrogen and oxygen atoms in total. The number of halogens is 1. The summed E-state index contributed by atoms with van der Waals surface area (Å²) in [4.78, 5) is 38.1. The first-order chi connectivity index (χ1) is 11.9. The first-order valence-electron chi connectivity index (χ1n) is 9.25. The van der Waals surface area contributed by atoms with Gasteiger partial charge >= 0.3 is 6.03 Å². The fourth-order valence-corrected chi connectivity index (χ4v) is 4.11. The lowest BCUT2D eigenvalue weighted by molar-refractivity contribution is -0.136. The molecule has 0 bridgehead atoms. The van der Waals surface area contributed by atoms with Crippen molar-refractivity contribution in [2.45, 2.75) is 50.7 Å². The third-order valence-corrected chi connectivity index (χ3v) is 5.95. The van der Waals surface area contributed by atoms with Crippen molar-refractivity contribution < 1.29 is 19.5 Å². The van der Waals surface area contributed by atoms with E-state index in [0.29, 0.717) is 38.4 Å². The summed E-state index contributed by atoms with van der Waals surface area (Å²) >= 11 is 0. The van der Waals surface area contributed by atoms with Gasteiger partial charge < -0.3 is 21.1 Å². The number of amides is 4. The Morgan fingerprint density at radius 3 is 2.58 bits per heavy atom. The number of rotatable bonds is 5. The number of hydrogen-bond donors (Lipinski definition) is 4. The quantitative estimate of drug-likeness (QED) is 0.495. The summed E-state index contributed by atoms with van der Waals surface area (Å²) in [5, 5.41) is 18.3. The maximum atomic E-state index is 12.7. The molecule has 148 valence electrons. The van der Waals surface area contributed by atoms with E-state index in [2.05, 4.69) is 22.9 Å². The van der Waals surface area contributed by atoms with Crippen LogP contribution in [0.4, 0.5) is 4.79 Å². The van der Waals surface area contributed by atoms with Crippen molar-refractivity contribution in [1.29, 1.82) is 0 Å². The Balaban J connectivity index is 0.00000243. The average Bonchev–Trinajstić information content (AvgIpc) is 3.11. The monoisotopic (exact) mass is 388 g/mol. The van der Waals surface area contributed by atoms with Crippen molar-refractivity contribution >= 4 is 30.3 Å². The van der Waals surface area contributed by atoms with E-state index in [0.717, 1.165) is 24.2 Å². The minimum Gasteiger partial charge on any atom is -0.391 e. The van der Waals surface area contributed by atoms with E-state index in [9.17, 15) is 19.5 Å². The van der Waals surface area contributed by atoms with E-state index < -0.39 is 17.7 Å². The molecule has 2 aliphatic heterocycles. The fraction of sp³-hybridized carbons (Fsp3) is 0.824. The van der Waals surface area contributed by atoms with E-state index in [1.807, 2.05) is 0 Å². The van der Waals surface area contributed by atoms with Crippen LogP contribution in [-0.2, 0) is 9.59 Å². The van der Waals surface area contributed by atoms with E-state index in [1.165, 1.54) is 0 Å². The zero-order chi connectivity index (χ0) is 18.0. The van der Waals surface area contributed by atoms with Crippen LogP contribution in [-0.4, -0.2) is 65.7 Å². The van der Waals surface area contributed by atoms with Crippen molar-refractivity contribution in [2.24, 2.45) is 11.8 Å². The molecule has 2 heterocycles. The van der Waals surface area contributed by atoms with Gasteiger partial charge in [-0.1, -0.05) is 13.3 Å². The number of aliphatic hydroxyl groups excluding tert-OH is 1. The summed E-state index contributed by atoms with van der Waals surface area (Å²) in [6.45, 7) is 3.38. The maximum Gasteiger partial charge on any atom is 0.325 e. The van der Waals surface area contributed by atoms with Crippen LogP contribution in [0, 0.1) is 11.8 Å². The number of carbonyl (C=O) groups excluding carboxylic acids is 3. The number of nitrogens with zero attached hydrogens (tertiary/aromatic N) is 1. The van der Waals surface area contributed by atoms with Gasteiger partial charge in [0.25, 0.3) is 5.91 Å². The summed E-state index contributed by atoms with van der Waals surface area (Å²) in [6.07, 6.45) is 3.76. The number of hydrogen-bond acceptors (Lipinski definition) is 5. The van der Waals surface area contributed by atoms with Crippen LogP contribution in [0.3, 0.4) is 0 Å². The van der Waals surface area contributed by atoms with Crippen LogP contribution in [0.15, 0.2) is 0 Å². The molecule has 3 rings (SSSR count). The third-order valence-electron chi connectivity index (χ3n) is 5.95. The zero-order valence-electron chi connectivity index (χ0n) is 15.1. The molecule has 1 saturated carbocycles. The number of nitrogens with one attached hydrogen (secondary N) is 3. The van der Waals surface area contributed by atoms with Crippen LogP contribution in [0.5, 0.6) is 0 Å². The summed E-state index contributed by atoms with van der Waals surface area (Å²) in [6, 6.07) is -0.474. The van der Waals surface area contributed by atoms with E-state index in [4.69, 9.17) is 0 Å². The first kappa shape index (κ1) is 20.9. The average molecular weight is 389 g/mol. The lowest BCUT2D eigenvalue weighted by Gasteiger charge is -2.34. The van der Waals surface area contributed by atoms with Crippen molar-refractivity contribution in [3.63, 3.8) is 0 Å². The number of urea groups is 1. The summed E-state index contributed by atoms with van der Waals surface area (Å²) < 4.78 is 0. The highest BCUT2D eigenvalue weighted by atomic mass is 35.5. The molecule has 3 fully saturated rings. The summed E-state index contributed by atoms with van der Waals surface area (Å²) in [5.74, 6) is -0.0755. The van der Waals surface area contributed by atoms with Gasteiger partial charge in [-0.25, -0.2) is 4.79 Å². The molecule has 1 spiro atoms. The Kier molecular flexibility index (Phi) is 6.87. The second-order valence-electron chi connectivity index (χ2n) is 7.54. The minimum atomic E-state index is -0.811. The van der Waals surface area contributed by atoms with E-state index >= 15 is 0 Å². The number of aliphatic hydroxyl groups is 1. The SMILES string of the molecule is CCC1CCC2(CC1)NC(=O)N(CC(=O)NCC1CNCC1O)C2=O.Cl. The van der Waals surface area contributed by atoms with Crippen molar-refractivity contribution in [2.75, 3.05) is 26.2 Å². The molecule has 4 amide bonds. The van der Waals surface area contributed by atoms with Crippen LogP contribution < -0.4 is 16.0 Å². The van der Waals surface area contributed by atoms with Crippen LogP contribution in [0.25, 0.3) is 0 Å². The molecular formula is C17H29ClN4O4. The number of β-amino-alcohol motifs (C(OH)–C–C–N with tert-alkyl or cyclic N) is 1. The predicted octanol–water partition coefficient (Wildman–Crippen LogP) is -0.00450. The lowest BCUT2D eigenvalue weighted by atomic mass is 9.75. The van der Waals surface area contributed by atoms with Gasteiger partial charge in [-0.05, 0) is 31.6 Å². The molecule has 0 aromatic rings. The molecule has 0 aromatic carbocycles. The Labute approximate surface area is 159 Å². The Bertz CT molecular complexity index is 551. The molecular weight excluding hydrogens is 360 g/mol. The van der Waals surface area contributed by atoms with E-state index in [-0.39, 0.29) is 36.7 Å². The maximum absolute atomic E-state index is 12.7. The number of carbonyl (C=O) groups is 3. The zero-order valence-corrected chi connectivity index (χ0v) is 15.9.